The van der Waals surface area contributed by atoms with Crippen molar-refractivity contribution in [2.75, 3.05) is 7.11 Å². The van der Waals surface area contributed by atoms with Gasteiger partial charge in [0.1, 0.15) is 0 Å². The van der Waals surface area contributed by atoms with Gasteiger partial charge in [0.15, 0.2) is 5.60 Å². The molecule has 0 saturated carbocycles. The summed E-state index contributed by atoms with van der Waals surface area (Å²) in [5, 5.41) is 10.3. The molecule has 17 heavy (non-hydrogen) atoms. The minimum Gasteiger partial charge on any atom is -0.479 e. The topological polar surface area (TPSA) is 46.5 Å². The van der Waals surface area contributed by atoms with E-state index < -0.39 is 11.6 Å². The number of hydrogen-bond donors (Lipinski definition) is 1. The van der Waals surface area contributed by atoms with Crippen molar-refractivity contribution in [1.82, 2.24) is 0 Å². The zero-order valence-electron chi connectivity index (χ0n) is 9.77. The molecule has 0 aliphatic heterocycles. The van der Waals surface area contributed by atoms with Gasteiger partial charge in [-0.25, -0.2) is 4.79 Å². The quantitative estimate of drug-likeness (QED) is 0.907. The van der Waals surface area contributed by atoms with Crippen LogP contribution in [0.25, 0.3) is 10.1 Å². The highest BCUT2D eigenvalue weighted by atomic mass is 32.1. The summed E-state index contributed by atoms with van der Waals surface area (Å²) in [4.78, 5) is 12.2. The Morgan fingerprint density at radius 2 is 2.18 bits per heavy atom. The van der Waals surface area contributed by atoms with Gasteiger partial charge < -0.3 is 9.84 Å². The van der Waals surface area contributed by atoms with Crippen molar-refractivity contribution in [2.45, 2.75) is 18.9 Å². The maximum Gasteiger partial charge on any atom is 0.336 e. The van der Waals surface area contributed by atoms with Crippen molar-refractivity contribution in [3.8, 4) is 0 Å². The molecular weight excluding hydrogens is 236 g/mol. The van der Waals surface area contributed by atoms with Gasteiger partial charge in [-0.15, -0.1) is 11.3 Å². The summed E-state index contributed by atoms with van der Waals surface area (Å²) in [6, 6.07) is 10.1. The molecule has 0 spiro atoms. The summed E-state index contributed by atoms with van der Waals surface area (Å²) in [7, 11) is 1.43. The van der Waals surface area contributed by atoms with E-state index in [0.717, 1.165) is 10.3 Å². The molecule has 0 saturated heterocycles. The molecule has 2 aromatic rings. The summed E-state index contributed by atoms with van der Waals surface area (Å²) < 4.78 is 6.28. The molecule has 4 heteroatoms. The first kappa shape index (κ1) is 12.1. The Hall–Kier alpha value is -1.39. The molecule has 1 heterocycles. The molecule has 0 amide bonds. The van der Waals surface area contributed by atoms with E-state index in [-0.39, 0.29) is 0 Å². The van der Waals surface area contributed by atoms with Gasteiger partial charge in [0, 0.05) is 23.1 Å². The average Bonchev–Trinajstić information content (AvgIpc) is 2.70. The van der Waals surface area contributed by atoms with Gasteiger partial charge in [-0.1, -0.05) is 18.2 Å². The standard InChI is InChI=1S/C13H14O3S/c1-13(16-2,12(14)15)8-10-7-9-5-3-4-6-11(9)17-10/h3-7H,8H2,1-2H3,(H,14,15). The van der Waals surface area contributed by atoms with E-state index in [1.165, 1.54) is 11.8 Å². The van der Waals surface area contributed by atoms with Gasteiger partial charge >= 0.3 is 5.97 Å². The number of carboxylic acid groups (broad SMARTS) is 1. The number of hydrogen-bond acceptors (Lipinski definition) is 3. The highest BCUT2D eigenvalue weighted by Crippen LogP contribution is 2.29. The minimum absolute atomic E-state index is 0.387. The minimum atomic E-state index is -1.15. The van der Waals surface area contributed by atoms with E-state index >= 15 is 0 Å². The van der Waals surface area contributed by atoms with Gasteiger partial charge in [0.2, 0.25) is 0 Å². The number of benzene rings is 1. The van der Waals surface area contributed by atoms with Crippen LogP contribution in [-0.4, -0.2) is 23.8 Å². The van der Waals surface area contributed by atoms with Gasteiger partial charge in [-0.2, -0.15) is 0 Å². The molecule has 1 unspecified atom stereocenters. The second-order valence-corrected chi connectivity index (χ2v) is 5.34. The third-order valence-corrected chi connectivity index (χ3v) is 4.01. The van der Waals surface area contributed by atoms with E-state index in [9.17, 15) is 4.79 Å². The molecular formula is C13H14O3S. The lowest BCUT2D eigenvalue weighted by Crippen LogP contribution is -2.39. The number of fused-ring (bicyclic) bond motifs is 1. The lowest BCUT2D eigenvalue weighted by Gasteiger charge is -2.21. The molecule has 0 aliphatic carbocycles. The SMILES string of the molecule is COC(C)(Cc1cc2ccccc2s1)C(=O)O. The Kier molecular flexibility index (Phi) is 3.17. The Morgan fingerprint density at radius 3 is 2.76 bits per heavy atom. The van der Waals surface area contributed by atoms with Gasteiger partial charge in [0.05, 0.1) is 0 Å². The normalized spacial score (nSPS) is 14.7. The Bertz CT molecular complexity index is 513. The van der Waals surface area contributed by atoms with Crippen LogP contribution >= 0.6 is 11.3 Å². The predicted octanol–water partition coefficient (Wildman–Crippen LogP) is 2.93. The van der Waals surface area contributed by atoms with Crippen molar-refractivity contribution in [3.63, 3.8) is 0 Å². The van der Waals surface area contributed by atoms with Crippen LogP contribution in [0.5, 0.6) is 0 Å². The van der Waals surface area contributed by atoms with Crippen LogP contribution in [0.15, 0.2) is 30.3 Å². The maximum absolute atomic E-state index is 11.2. The molecule has 0 bridgehead atoms. The second-order valence-electron chi connectivity index (χ2n) is 4.17. The van der Waals surface area contributed by atoms with E-state index in [1.54, 1.807) is 18.3 Å². The van der Waals surface area contributed by atoms with Crippen molar-refractivity contribution in [3.05, 3.63) is 35.2 Å². The first-order valence-electron chi connectivity index (χ1n) is 5.31. The van der Waals surface area contributed by atoms with Gasteiger partial charge in [0.25, 0.3) is 0 Å². The van der Waals surface area contributed by atoms with E-state index in [4.69, 9.17) is 9.84 Å². The van der Waals surface area contributed by atoms with Crippen molar-refractivity contribution < 1.29 is 14.6 Å². The highest BCUT2D eigenvalue weighted by Gasteiger charge is 2.33. The van der Waals surface area contributed by atoms with Crippen LogP contribution in [0.4, 0.5) is 0 Å². The van der Waals surface area contributed by atoms with Crippen LogP contribution < -0.4 is 0 Å². The number of ether oxygens (including phenoxy) is 1. The Labute approximate surface area is 104 Å². The molecule has 90 valence electrons. The monoisotopic (exact) mass is 250 g/mol. The number of methoxy groups -OCH3 is 1. The van der Waals surface area contributed by atoms with Crippen LogP contribution in [0.1, 0.15) is 11.8 Å². The summed E-state index contributed by atoms with van der Waals surface area (Å²) in [5.74, 6) is -0.933. The smallest absolute Gasteiger partial charge is 0.336 e. The molecule has 2 rings (SSSR count). The Morgan fingerprint density at radius 1 is 1.47 bits per heavy atom. The highest BCUT2D eigenvalue weighted by molar-refractivity contribution is 7.19. The lowest BCUT2D eigenvalue weighted by molar-refractivity contribution is -0.159. The van der Waals surface area contributed by atoms with Gasteiger partial charge in [-0.3, -0.25) is 0 Å². The molecule has 1 atom stereocenters. The fourth-order valence-electron chi connectivity index (χ4n) is 1.69. The van der Waals surface area contributed by atoms with Crippen molar-refractivity contribution in [2.24, 2.45) is 0 Å². The third-order valence-electron chi connectivity index (χ3n) is 2.89. The summed E-state index contributed by atoms with van der Waals surface area (Å²) in [5.41, 5.74) is -1.15. The molecule has 3 nitrogen and oxygen atoms in total. The maximum atomic E-state index is 11.2. The third kappa shape index (κ3) is 2.33. The van der Waals surface area contributed by atoms with E-state index in [1.807, 2.05) is 30.3 Å². The first-order chi connectivity index (χ1) is 8.05. The Balaban J connectivity index is 2.32. The average molecular weight is 250 g/mol. The predicted molar refractivity (Wildman–Crippen MR) is 68.6 cm³/mol. The zero-order valence-corrected chi connectivity index (χ0v) is 10.6. The summed E-state index contributed by atoms with van der Waals surface area (Å²) in [6.45, 7) is 1.60. The fourth-order valence-corrected chi connectivity index (χ4v) is 2.90. The first-order valence-corrected chi connectivity index (χ1v) is 6.13. The number of carbonyl (C=O) groups is 1. The summed E-state index contributed by atoms with van der Waals surface area (Å²) >= 11 is 1.61. The number of carboxylic acids is 1. The largest absolute Gasteiger partial charge is 0.479 e. The van der Waals surface area contributed by atoms with Crippen molar-refractivity contribution in [1.29, 1.82) is 0 Å². The lowest BCUT2D eigenvalue weighted by atomic mass is 10.0. The molecule has 1 N–H and O–H groups in total. The number of aliphatic carboxylic acids is 1. The zero-order chi connectivity index (χ0) is 12.5. The molecule has 0 aliphatic rings. The van der Waals surface area contributed by atoms with E-state index in [2.05, 4.69) is 0 Å². The molecule has 1 aromatic carbocycles. The van der Waals surface area contributed by atoms with Crippen LogP contribution in [0.2, 0.25) is 0 Å². The fraction of sp³-hybridized carbons (Fsp3) is 0.308. The second kappa shape index (κ2) is 4.47. The van der Waals surface area contributed by atoms with E-state index in [0.29, 0.717) is 6.42 Å². The molecule has 0 fully saturated rings. The van der Waals surface area contributed by atoms with Crippen LogP contribution in [0, 0.1) is 0 Å². The number of rotatable bonds is 4. The molecule has 0 radical (unpaired) electrons. The summed E-state index contributed by atoms with van der Waals surface area (Å²) in [6.07, 6.45) is 0.387. The molecule has 1 aromatic heterocycles. The van der Waals surface area contributed by atoms with Crippen molar-refractivity contribution >= 4 is 27.4 Å². The van der Waals surface area contributed by atoms with Gasteiger partial charge in [-0.05, 0) is 24.4 Å². The number of thiophene rings is 1. The van der Waals surface area contributed by atoms with Crippen LogP contribution in [-0.2, 0) is 16.0 Å². The van der Waals surface area contributed by atoms with Crippen LogP contribution in [0.3, 0.4) is 0 Å².